The van der Waals surface area contributed by atoms with Crippen molar-refractivity contribution in [1.29, 1.82) is 5.26 Å². The highest BCUT2D eigenvalue weighted by molar-refractivity contribution is 7.99. The van der Waals surface area contributed by atoms with Crippen molar-refractivity contribution in [3.05, 3.63) is 41.0 Å². The van der Waals surface area contributed by atoms with Gasteiger partial charge in [-0.15, -0.1) is 10.2 Å². The number of imidazole rings is 1. The minimum atomic E-state index is 0.292. The Kier molecular flexibility index (Phi) is 3.07. The molecule has 0 bridgehead atoms. The van der Waals surface area contributed by atoms with E-state index in [9.17, 15) is 0 Å². The van der Waals surface area contributed by atoms with Crippen LogP contribution in [0.3, 0.4) is 0 Å². The Morgan fingerprint density at radius 2 is 2.11 bits per heavy atom. The summed E-state index contributed by atoms with van der Waals surface area (Å²) in [7, 11) is 0. The molecule has 0 aliphatic carbocycles. The van der Waals surface area contributed by atoms with E-state index in [-0.39, 0.29) is 0 Å². The predicted octanol–water partition coefficient (Wildman–Crippen LogP) is 3.03. The van der Waals surface area contributed by atoms with Gasteiger partial charge in [0.2, 0.25) is 0 Å². The lowest BCUT2D eigenvalue weighted by molar-refractivity contribution is 0.910. The molecule has 92 valence electrons. The molecule has 0 amide bonds. The van der Waals surface area contributed by atoms with E-state index in [0.717, 1.165) is 11.0 Å². The number of H-pyrrole nitrogens is 1. The van der Waals surface area contributed by atoms with Gasteiger partial charge in [0.1, 0.15) is 11.1 Å². The van der Waals surface area contributed by atoms with Gasteiger partial charge in [-0.2, -0.15) is 5.26 Å². The summed E-state index contributed by atoms with van der Waals surface area (Å²) in [6.45, 7) is 0. The van der Waals surface area contributed by atoms with Gasteiger partial charge in [-0.25, -0.2) is 4.98 Å². The third-order valence-electron chi connectivity index (χ3n) is 2.38. The molecule has 0 atom stereocenters. The molecule has 19 heavy (non-hydrogen) atoms. The van der Waals surface area contributed by atoms with Gasteiger partial charge >= 0.3 is 0 Å². The van der Waals surface area contributed by atoms with Crippen LogP contribution in [0.25, 0.3) is 11.0 Å². The lowest BCUT2D eigenvalue weighted by Gasteiger charge is -1.94. The maximum absolute atomic E-state index is 8.65. The second-order valence-electron chi connectivity index (χ2n) is 3.67. The summed E-state index contributed by atoms with van der Waals surface area (Å²) in [5, 5.41) is 18.4. The molecule has 0 spiro atoms. The minimum absolute atomic E-state index is 0.292. The molecular formula is C12H6ClN5S. The number of rotatable bonds is 2. The lowest BCUT2D eigenvalue weighted by atomic mass is 10.3. The van der Waals surface area contributed by atoms with Gasteiger partial charge in [-0.1, -0.05) is 11.6 Å². The largest absolute Gasteiger partial charge is 0.333 e. The fraction of sp³-hybridized carbons (Fsp3) is 0. The van der Waals surface area contributed by atoms with Crippen LogP contribution in [0.4, 0.5) is 0 Å². The molecule has 0 unspecified atom stereocenters. The number of aromatic amines is 1. The number of hydrogen-bond donors (Lipinski definition) is 1. The maximum Gasteiger partial charge on any atom is 0.172 e. The number of benzene rings is 1. The average Bonchev–Trinajstić information content (AvgIpc) is 2.81. The smallest absolute Gasteiger partial charge is 0.172 e. The van der Waals surface area contributed by atoms with E-state index in [4.69, 9.17) is 16.9 Å². The second-order valence-corrected chi connectivity index (χ2v) is 5.12. The van der Waals surface area contributed by atoms with Gasteiger partial charge in [0.15, 0.2) is 10.9 Å². The molecule has 0 saturated carbocycles. The summed E-state index contributed by atoms with van der Waals surface area (Å²) in [6, 6.07) is 10.7. The van der Waals surface area contributed by atoms with E-state index in [1.165, 1.54) is 11.8 Å². The van der Waals surface area contributed by atoms with E-state index in [1.54, 1.807) is 18.2 Å². The third-order valence-corrected chi connectivity index (χ3v) is 3.43. The topological polar surface area (TPSA) is 78.2 Å². The van der Waals surface area contributed by atoms with Crippen molar-refractivity contribution in [3.8, 4) is 6.07 Å². The van der Waals surface area contributed by atoms with Crippen LogP contribution >= 0.6 is 23.4 Å². The van der Waals surface area contributed by atoms with Gasteiger partial charge in [-0.05, 0) is 42.1 Å². The summed E-state index contributed by atoms with van der Waals surface area (Å²) in [4.78, 5) is 7.56. The molecule has 1 N–H and O–H groups in total. The normalized spacial score (nSPS) is 10.5. The first-order valence-electron chi connectivity index (χ1n) is 5.31. The highest BCUT2D eigenvalue weighted by atomic mass is 35.5. The molecule has 3 aromatic rings. The molecule has 0 saturated heterocycles. The molecule has 3 rings (SSSR count). The molecule has 0 aliphatic rings. The summed E-state index contributed by atoms with van der Waals surface area (Å²) in [5.41, 5.74) is 2.01. The molecule has 5 nitrogen and oxygen atoms in total. The molecule has 7 heteroatoms. The van der Waals surface area contributed by atoms with E-state index < -0.39 is 0 Å². The molecule has 2 heterocycles. The third kappa shape index (κ3) is 2.52. The van der Waals surface area contributed by atoms with E-state index >= 15 is 0 Å². The summed E-state index contributed by atoms with van der Waals surface area (Å²) >= 11 is 7.26. The molecule has 0 aliphatic heterocycles. The second kappa shape index (κ2) is 4.88. The first-order valence-corrected chi connectivity index (χ1v) is 6.51. The number of halogens is 1. The zero-order valence-electron chi connectivity index (χ0n) is 9.46. The van der Waals surface area contributed by atoms with E-state index in [1.807, 2.05) is 18.2 Å². The molecular weight excluding hydrogens is 282 g/mol. The van der Waals surface area contributed by atoms with Gasteiger partial charge in [0.25, 0.3) is 0 Å². The van der Waals surface area contributed by atoms with E-state index in [0.29, 0.717) is 20.9 Å². The first kappa shape index (κ1) is 12.0. The number of nitrogens with one attached hydrogen (secondary N) is 1. The number of nitriles is 1. The Morgan fingerprint density at radius 1 is 1.21 bits per heavy atom. The van der Waals surface area contributed by atoms with Crippen molar-refractivity contribution in [3.63, 3.8) is 0 Å². The molecule has 0 radical (unpaired) electrons. The van der Waals surface area contributed by atoms with Gasteiger partial charge in [-0.3, -0.25) is 0 Å². The number of nitrogens with zero attached hydrogens (tertiary/aromatic N) is 4. The van der Waals surface area contributed by atoms with Crippen LogP contribution in [0, 0.1) is 11.3 Å². The fourth-order valence-corrected chi connectivity index (χ4v) is 2.43. The average molecular weight is 288 g/mol. The summed E-state index contributed by atoms with van der Waals surface area (Å²) in [6.07, 6.45) is 0. The Hall–Kier alpha value is -2.10. The number of hydrogen-bond acceptors (Lipinski definition) is 5. The van der Waals surface area contributed by atoms with Crippen molar-refractivity contribution in [2.45, 2.75) is 10.2 Å². The molecule has 0 fully saturated rings. The molecule has 1 aromatic carbocycles. The first-order chi connectivity index (χ1) is 9.24. The Balaban J connectivity index is 1.90. The highest BCUT2D eigenvalue weighted by Crippen LogP contribution is 2.26. The zero-order valence-corrected chi connectivity index (χ0v) is 11.0. The Bertz CT molecular complexity index is 775. The fourth-order valence-electron chi connectivity index (χ4n) is 1.54. The molecule has 2 aromatic heterocycles. The lowest BCUT2D eigenvalue weighted by Crippen LogP contribution is -1.88. The standard InChI is InChI=1S/C12H6ClN5S/c13-7-1-3-9-10(5-7)16-12(15-9)19-11-4-2-8(6-14)17-18-11/h1-5H,(H,15,16). The van der Waals surface area contributed by atoms with Crippen molar-refractivity contribution in [2.75, 3.05) is 0 Å². The van der Waals surface area contributed by atoms with Gasteiger partial charge < -0.3 is 4.98 Å². The van der Waals surface area contributed by atoms with E-state index in [2.05, 4.69) is 20.2 Å². The Labute approximate surface area is 117 Å². The minimum Gasteiger partial charge on any atom is -0.333 e. The predicted molar refractivity (Wildman–Crippen MR) is 72.0 cm³/mol. The summed E-state index contributed by atoms with van der Waals surface area (Å²) < 4.78 is 0. The zero-order chi connectivity index (χ0) is 13.2. The van der Waals surface area contributed by atoms with Crippen LogP contribution in [-0.4, -0.2) is 20.2 Å². The van der Waals surface area contributed by atoms with Crippen LogP contribution in [0.15, 0.2) is 40.5 Å². The van der Waals surface area contributed by atoms with Crippen LogP contribution in [0.5, 0.6) is 0 Å². The highest BCUT2D eigenvalue weighted by Gasteiger charge is 2.06. The SMILES string of the molecule is N#Cc1ccc(Sc2nc3ccc(Cl)cc3[nH]2)nn1. The monoisotopic (exact) mass is 287 g/mol. The summed E-state index contributed by atoms with van der Waals surface area (Å²) in [5.74, 6) is 0. The number of aromatic nitrogens is 4. The van der Waals surface area contributed by atoms with Crippen LogP contribution in [0.2, 0.25) is 5.02 Å². The van der Waals surface area contributed by atoms with Gasteiger partial charge in [0.05, 0.1) is 11.0 Å². The van der Waals surface area contributed by atoms with Crippen LogP contribution in [0.1, 0.15) is 5.69 Å². The van der Waals surface area contributed by atoms with Crippen molar-refractivity contribution in [2.24, 2.45) is 0 Å². The van der Waals surface area contributed by atoms with Crippen molar-refractivity contribution < 1.29 is 0 Å². The van der Waals surface area contributed by atoms with Crippen molar-refractivity contribution in [1.82, 2.24) is 20.2 Å². The van der Waals surface area contributed by atoms with Crippen LogP contribution < -0.4 is 0 Å². The van der Waals surface area contributed by atoms with Crippen LogP contribution in [-0.2, 0) is 0 Å². The quantitative estimate of drug-likeness (QED) is 0.784. The van der Waals surface area contributed by atoms with Crippen molar-refractivity contribution >= 4 is 34.4 Å². The number of fused-ring (bicyclic) bond motifs is 1. The Morgan fingerprint density at radius 3 is 2.84 bits per heavy atom. The maximum atomic E-state index is 8.65. The van der Waals surface area contributed by atoms with Gasteiger partial charge in [0, 0.05) is 5.02 Å².